The van der Waals surface area contributed by atoms with Crippen LogP contribution in [0.4, 0.5) is 0 Å². The molecule has 0 fully saturated rings. The second-order valence-electron chi connectivity index (χ2n) is 4.56. The van der Waals surface area contributed by atoms with E-state index in [4.69, 9.17) is 12.2 Å². The molecule has 0 amide bonds. The van der Waals surface area contributed by atoms with E-state index in [-0.39, 0.29) is 0 Å². The molecule has 1 N–H and O–H groups in total. The van der Waals surface area contributed by atoms with Gasteiger partial charge in [0.05, 0.1) is 6.21 Å². The van der Waals surface area contributed by atoms with Crippen molar-refractivity contribution in [1.29, 1.82) is 0 Å². The highest BCUT2D eigenvalue weighted by molar-refractivity contribution is 7.71. The zero-order valence-corrected chi connectivity index (χ0v) is 12.2. The summed E-state index contributed by atoms with van der Waals surface area (Å²) in [6.45, 7) is 2.05. The maximum atomic E-state index is 5.22. The molecule has 2 heterocycles. The van der Waals surface area contributed by atoms with Gasteiger partial charge in [0.2, 0.25) is 4.77 Å². The van der Waals surface area contributed by atoms with E-state index in [1.54, 1.807) is 23.3 Å². The normalized spacial score (nSPS) is 11.1. The van der Waals surface area contributed by atoms with Crippen molar-refractivity contribution in [3.8, 4) is 11.4 Å². The Bertz CT molecular complexity index is 815. The summed E-state index contributed by atoms with van der Waals surface area (Å²) in [4.78, 5) is 4.09. The number of aryl methyl sites for hydroxylation is 1. The molecule has 0 atom stereocenters. The molecule has 0 radical (unpaired) electrons. The van der Waals surface area contributed by atoms with Crippen LogP contribution in [0.15, 0.2) is 53.9 Å². The van der Waals surface area contributed by atoms with Gasteiger partial charge in [-0.05, 0) is 36.8 Å². The molecule has 1 aromatic carbocycles. The molecule has 3 aromatic rings. The van der Waals surface area contributed by atoms with E-state index in [0.717, 1.165) is 11.1 Å². The molecule has 5 nitrogen and oxygen atoms in total. The Morgan fingerprint density at radius 2 is 2.05 bits per heavy atom. The number of pyridine rings is 1. The molecular weight excluding hydrogens is 282 g/mol. The molecule has 0 aliphatic heterocycles. The Labute approximate surface area is 127 Å². The Balaban J connectivity index is 1.98. The topological polar surface area (TPSA) is 58.9 Å². The first-order valence-electron chi connectivity index (χ1n) is 6.43. The van der Waals surface area contributed by atoms with Gasteiger partial charge in [0.1, 0.15) is 0 Å². The highest BCUT2D eigenvalue weighted by Gasteiger charge is 2.07. The Hall–Kier alpha value is -2.60. The van der Waals surface area contributed by atoms with Crippen molar-refractivity contribution in [3.05, 3.63) is 64.7 Å². The molecule has 0 bridgehead atoms. The van der Waals surface area contributed by atoms with Crippen molar-refractivity contribution in [1.82, 2.24) is 19.9 Å². The zero-order valence-electron chi connectivity index (χ0n) is 11.4. The second-order valence-corrected chi connectivity index (χ2v) is 4.95. The second kappa shape index (κ2) is 5.80. The lowest BCUT2D eigenvalue weighted by Gasteiger charge is -2.00. The van der Waals surface area contributed by atoms with Gasteiger partial charge >= 0.3 is 0 Å². The number of hydrogen-bond donors (Lipinski definition) is 1. The monoisotopic (exact) mass is 295 g/mol. The smallest absolute Gasteiger partial charge is 0.216 e. The summed E-state index contributed by atoms with van der Waals surface area (Å²) in [6, 6.07) is 11.9. The zero-order chi connectivity index (χ0) is 14.7. The van der Waals surface area contributed by atoms with Gasteiger partial charge in [0.15, 0.2) is 5.82 Å². The van der Waals surface area contributed by atoms with E-state index in [1.807, 2.05) is 43.3 Å². The molecule has 3 rings (SSSR count). The summed E-state index contributed by atoms with van der Waals surface area (Å²) >= 11 is 5.22. The number of aromatic nitrogens is 4. The number of nitrogens with one attached hydrogen (secondary N) is 1. The maximum Gasteiger partial charge on any atom is 0.216 e. The van der Waals surface area contributed by atoms with Gasteiger partial charge in [-0.25, -0.2) is 5.10 Å². The molecule has 6 heteroatoms. The number of hydrogen-bond acceptors (Lipinski definition) is 4. The Morgan fingerprint density at radius 3 is 2.76 bits per heavy atom. The summed E-state index contributed by atoms with van der Waals surface area (Å²) in [5.41, 5.74) is 3.06. The quantitative estimate of drug-likeness (QED) is 0.596. The SMILES string of the molecule is Cc1ccc(/C=N/n2c(-c3cccnc3)n[nH]c2=S)cc1. The number of aromatic amines is 1. The van der Waals surface area contributed by atoms with Gasteiger partial charge in [-0.2, -0.15) is 14.9 Å². The lowest BCUT2D eigenvalue weighted by atomic mass is 10.2. The molecule has 0 aliphatic rings. The van der Waals surface area contributed by atoms with Crippen LogP contribution in [0.1, 0.15) is 11.1 Å². The molecule has 104 valence electrons. The van der Waals surface area contributed by atoms with Gasteiger partial charge in [0, 0.05) is 18.0 Å². The lowest BCUT2D eigenvalue weighted by molar-refractivity contribution is 0.871. The molecule has 0 aliphatic carbocycles. The summed E-state index contributed by atoms with van der Waals surface area (Å²) in [5, 5.41) is 11.4. The van der Waals surface area contributed by atoms with Crippen LogP contribution in [0.25, 0.3) is 11.4 Å². The third-order valence-corrected chi connectivity index (χ3v) is 3.23. The standard InChI is InChI=1S/C15H13N5S/c1-11-4-6-12(7-5-11)9-17-20-14(18-19-15(20)21)13-3-2-8-16-10-13/h2-10H,1H3,(H,19,21)/b17-9+. The van der Waals surface area contributed by atoms with Gasteiger partial charge in [0.25, 0.3) is 0 Å². The highest BCUT2D eigenvalue weighted by atomic mass is 32.1. The van der Waals surface area contributed by atoms with Crippen molar-refractivity contribution >= 4 is 18.4 Å². The number of nitrogens with zero attached hydrogens (tertiary/aromatic N) is 4. The van der Waals surface area contributed by atoms with E-state index in [2.05, 4.69) is 20.3 Å². The molecule has 0 unspecified atom stereocenters. The molecule has 0 saturated carbocycles. The van der Waals surface area contributed by atoms with Crippen LogP contribution in [-0.2, 0) is 0 Å². The number of rotatable bonds is 3. The molecule has 2 aromatic heterocycles. The Morgan fingerprint density at radius 1 is 1.24 bits per heavy atom. The highest BCUT2D eigenvalue weighted by Crippen LogP contribution is 2.15. The first kappa shape index (κ1) is 13.4. The van der Waals surface area contributed by atoms with E-state index in [9.17, 15) is 0 Å². The lowest BCUT2D eigenvalue weighted by Crippen LogP contribution is -1.95. The fraction of sp³-hybridized carbons (Fsp3) is 0.0667. The van der Waals surface area contributed by atoms with Crippen molar-refractivity contribution in [2.45, 2.75) is 6.92 Å². The van der Waals surface area contributed by atoms with Crippen molar-refractivity contribution < 1.29 is 0 Å². The van der Waals surface area contributed by atoms with Gasteiger partial charge in [-0.15, -0.1) is 0 Å². The molecule has 0 saturated heterocycles. The first-order chi connectivity index (χ1) is 10.2. The average molecular weight is 295 g/mol. The van der Waals surface area contributed by atoms with Crippen LogP contribution in [0.2, 0.25) is 0 Å². The third-order valence-electron chi connectivity index (χ3n) is 2.97. The van der Waals surface area contributed by atoms with Crippen molar-refractivity contribution in [3.63, 3.8) is 0 Å². The van der Waals surface area contributed by atoms with Gasteiger partial charge < -0.3 is 0 Å². The van der Waals surface area contributed by atoms with Crippen LogP contribution in [0.5, 0.6) is 0 Å². The fourth-order valence-corrected chi connectivity index (χ4v) is 2.04. The van der Waals surface area contributed by atoms with Gasteiger partial charge in [-0.3, -0.25) is 4.98 Å². The summed E-state index contributed by atoms with van der Waals surface area (Å²) in [7, 11) is 0. The summed E-state index contributed by atoms with van der Waals surface area (Å²) in [6.07, 6.45) is 5.19. The van der Waals surface area contributed by atoms with E-state index >= 15 is 0 Å². The minimum Gasteiger partial charge on any atom is -0.264 e. The van der Waals surface area contributed by atoms with Crippen LogP contribution in [0.3, 0.4) is 0 Å². The van der Waals surface area contributed by atoms with Crippen LogP contribution in [0, 0.1) is 11.7 Å². The third kappa shape index (κ3) is 2.95. The van der Waals surface area contributed by atoms with Gasteiger partial charge in [-0.1, -0.05) is 29.8 Å². The summed E-state index contributed by atoms with van der Waals surface area (Å²) < 4.78 is 2.03. The predicted molar refractivity (Wildman–Crippen MR) is 84.8 cm³/mol. The minimum atomic E-state index is 0.442. The van der Waals surface area contributed by atoms with E-state index < -0.39 is 0 Å². The van der Waals surface area contributed by atoms with Crippen LogP contribution in [-0.4, -0.2) is 26.1 Å². The van der Waals surface area contributed by atoms with Crippen LogP contribution >= 0.6 is 12.2 Å². The van der Waals surface area contributed by atoms with Crippen molar-refractivity contribution in [2.75, 3.05) is 0 Å². The first-order valence-corrected chi connectivity index (χ1v) is 6.84. The van der Waals surface area contributed by atoms with E-state index in [1.165, 1.54) is 5.56 Å². The molecule has 0 spiro atoms. The predicted octanol–water partition coefficient (Wildman–Crippen LogP) is 3.19. The minimum absolute atomic E-state index is 0.442. The number of benzene rings is 1. The fourth-order valence-electron chi connectivity index (χ4n) is 1.86. The Kier molecular flexibility index (Phi) is 3.70. The number of H-pyrrole nitrogens is 1. The molecule has 21 heavy (non-hydrogen) atoms. The average Bonchev–Trinajstić information content (AvgIpc) is 2.89. The summed E-state index contributed by atoms with van der Waals surface area (Å²) in [5.74, 6) is 0.636. The van der Waals surface area contributed by atoms with Crippen molar-refractivity contribution in [2.24, 2.45) is 5.10 Å². The largest absolute Gasteiger partial charge is 0.264 e. The molecular formula is C15H13N5S. The van der Waals surface area contributed by atoms with Crippen LogP contribution < -0.4 is 0 Å². The van der Waals surface area contributed by atoms with E-state index in [0.29, 0.717) is 10.6 Å². The maximum absolute atomic E-state index is 5.22.